The summed E-state index contributed by atoms with van der Waals surface area (Å²) in [4.78, 5) is 36.1. The number of nitrogens with zero attached hydrogens (tertiary/aromatic N) is 4. The van der Waals surface area contributed by atoms with Gasteiger partial charge in [0, 0.05) is 25.4 Å². The molecule has 9 heteroatoms. The Kier molecular flexibility index (Phi) is 6.08. The Morgan fingerprint density at radius 2 is 1.83 bits per heavy atom. The topological polar surface area (TPSA) is 98.7 Å². The van der Waals surface area contributed by atoms with E-state index in [1.165, 1.54) is 42.0 Å². The molecular formula is C21H25N5O3S. The fourth-order valence-corrected chi connectivity index (χ4v) is 4.38. The third-order valence-electron chi connectivity index (χ3n) is 5.16. The molecule has 0 atom stereocenters. The summed E-state index contributed by atoms with van der Waals surface area (Å²) < 4.78 is 9.07. The minimum atomic E-state index is -0.477. The molecule has 0 unspecified atom stereocenters. The zero-order valence-electron chi connectivity index (χ0n) is 17.2. The van der Waals surface area contributed by atoms with Crippen molar-refractivity contribution in [1.29, 1.82) is 0 Å². The molecule has 3 aromatic heterocycles. The lowest BCUT2D eigenvalue weighted by Gasteiger charge is -2.07. The van der Waals surface area contributed by atoms with Crippen LogP contribution in [0, 0.1) is 0 Å². The van der Waals surface area contributed by atoms with Crippen LogP contribution in [-0.2, 0) is 13.6 Å². The van der Waals surface area contributed by atoms with Gasteiger partial charge in [-0.05, 0) is 18.6 Å². The van der Waals surface area contributed by atoms with Gasteiger partial charge in [-0.25, -0.2) is 14.8 Å². The third kappa shape index (κ3) is 4.07. The van der Waals surface area contributed by atoms with E-state index >= 15 is 0 Å². The molecule has 3 heterocycles. The molecule has 0 spiro atoms. The number of fused-ring (bicyclic) bond motifs is 2. The van der Waals surface area contributed by atoms with E-state index in [1.807, 2.05) is 28.8 Å². The van der Waals surface area contributed by atoms with Crippen LogP contribution in [0.15, 0.2) is 48.7 Å². The lowest BCUT2D eigenvalue weighted by molar-refractivity contribution is 0.486. The number of rotatable bonds is 9. The molecule has 1 aromatic carbocycles. The van der Waals surface area contributed by atoms with E-state index in [9.17, 15) is 9.59 Å². The summed E-state index contributed by atoms with van der Waals surface area (Å²) in [6, 6.07) is 7.55. The van der Waals surface area contributed by atoms with Gasteiger partial charge in [-0.2, -0.15) is 0 Å². The number of nitrogens with one attached hydrogen (secondary N) is 1. The van der Waals surface area contributed by atoms with Crippen LogP contribution in [-0.4, -0.2) is 24.1 Å². The van der Waals surface area contributed by atoms with Crippen LogP contribution >= 0.6 is 11.8 Å². The Hall–Kier alpha value is -2.81. The number of aromatic nitrogens is 5. The highest BCUT2D eigenvalue weighted by Crippen LogP contribution is 2.31. The summed E-state index contributed by atoms with van der Waals surface area (Å²) in [5, 5.41) is 1.05. The minimum Gasteiger partial charge on any atom is -0.431 e. The molecule has 1 N–H and O–H groups in total. The monoisotopic (exact) mass is 427 g/mol. The van der Waals surface area contributed by atoms with Gasteiger partial charge in [-0.15, -0.1) is 0 Å². The van der Waals surface area contributed by atoms with Crippen molar-refractivity contribution in [2.45, 2.75) is 62.4 Å². The van der Waals surface area contributed by atoms with Gasteiger partial charge in [0.2, 0.25) is 0 Å². The van der Waals surface area contributed by atoms with E-state index in [-0.39, 0.29) is 0 Å². The minimum absolute atomic E-state index is 0.369. The highest BCUT2D eigenvalue weighted by Gasteiger charge is 2.20. The van der Waals surface area contributed by atoms with Crippen LogP contribution in [0.1, 0.15) is 45.4 Å². The van der Waals surface area contributed by atoms with Crippen molar-refractivity contribution in [3.05, 3.63) is 45.1 Å². The average Bonchev–Trinajstić information content (AvgIpc) is 3.30. The summed E-state index contributed by atoms with van der Waals surface area (Å²) in [5.74, 6) is 0. The van der Waals surface area contributed by atoms with Crippen LogP contribution in [0.4, 0.5) is 0 Å². The number of imidazole rings is 1. The number of benzene rings is 1. The maximum atomic E-state index is 12.6. The zero-order valence-corrected chi connectivity index (χ0v) is 18.0. The molecule has 0 aliphatic carbocycles. The van der Waals surface area contributed by atoms with E-state index in [2.05, 4.69) is 21.9 Å². The standard InChI is InChI=1S/C21H25N5O3S/c1-3-4-5-6-7-10-13-26-16-17(25(2)19(28)24-18(16)27)23-20(26)30-21-22-14-11-8-9-12-15(14)29-21/h8-9,11-12H,3-7,10,13H2,1-2H3,(H,24,27,28). The molecule has 0 bridgehead atoms. The summed E-state index contributed by atoms with van der Waals surface area (Å²) in [6.07, 6.45) is 6.86. The second-order valence-corrected chi connectivity index (χ2v) is 8.27. The fraction of sp³-hybridized carbons (Fsp3) is 0.429. The van der Waals surface area contributed by atoms with E-state index in [4.69, 9.17) is 4.42 Å². The van der Waals surface area contributed by atoms with Crippen LogP contribution in [0.2, 0.25) is 0 Å². The molecular weight excluding hydrogens is 402 g/mol. The number of oxazole rings is 1. The first-order chi connectivity index (χ1) is 14.6. The first-order valence-electron chi connectivity index (χ1n) is 10.3. The molecule has 30 heavy (non-hydrogen) atoms. The van der Waals surface area contributed by atoms with Crippen molar-refractivity contribution in [3.63, 3.8) is 0 Å². The molecule has 0 saturated heterocycles. The van der Waals surface area contributed by atoms with Gasteiger partial charge >= 0.3 is 5.69 Å². The van der Waals surface area contributed by atoms with Crippen molar-refractivity contribution in [3.8, 4) is 0 Å². The van der Waals surface area contributed by atoms with Crippen LogP contribution in [0.25, 0.3) is 22.3 Å². The number of para-hydroxylation sites is 2. The average molecular weight is 428 g/mol. The van der Waals surface area contributed by atoms with Gasteiger partial charge in [0.1, 0.15) is 5.52 Å². The van der Waals surface area contributed by atoms with Gasteiger partial charge in [-0.3, -0.25) is 14.3 Å². The van der Waals surface area contributed by atoms with Gasteiger partial charge < -0.3 is 8.98 Å². The van der Waals surface area contributed by atoms with Gasteiger partial charge in [0.25, 0.3) is 10.8 Å². The Bertz CT molecular complexity index is 1250. The molecule has 4 rings (SSSR count). The van der Waals surface area contributed by atoms with E-state index in [0.717, 1.165) is 18.4 Å². The number of unbranched alkanes of at least 4 members (excludes halogenated alkanes) is 5. The number of hydrogen-bond donors (Lipinski definition) is 1. The third-order valence-corrected chi connectivity index (χ3v) is 6.00. The number of aromatic amines is 1. The highest BCUT2D eigenvalue weighted by atomic mass is 32.2. The van der Waals surface area contributed by atoms with Gasteiger partial charge in [0.05, 0.1) is 0 Å². The lowest BCUT2D eigenvalue weighted by atomic mass is 10.1. The first-order valence-corrected chi connectivity index (χ1v) is 11.1. The van der Waals surface area contributed by atoms with Gasteiger partial charge in [-0.1, -0.05) is 51.2 Å². The first kappa shape index (κ1) is 20.5. The number of hydrogen-bond acceptors (Lipinski definition) is 6. The largest absolute Gasteiger partial charge is 0.431 e. The van der Waals surface area contributed by atoms with Crippen molar-refractivity contribution in [2.75, 3.05) is 0 Å². The molecule has 8 nitrogen and oxygen atoms in total. The molecule has 0 aliphatic heterocycles. The molecule has 4 aromatic rings. The SMILES string of the molecule is CCCCCCCCn1c(Sc2nc3ccccc3o2)nc2c1c(=O)[nH]c(=O)n2C. The summed E-state index contributed by atoms with van der Waals surface area (Å²) in [6.45, 7) is 2.84. The Morgan fingerprint density at radius 3 is 2.63 bits per heavy atom. The van der Waals surface area contributed by atoms with Crippen molar-refractivity contribution in [2.24, 2.45) is 7.05 Å². The molecule has 0 radical (unpaired) electrons. The lowest BCUT2D eigenvalue weighted by Crippen LogP contribution is -2.29. The molecule has 0 saturated carbocycles. The second kappa shape index (κ2) is 8.91. The zero-order chi connectivity index (χ0) is 21.1. The Labute approximate surface area is 177 Å². The fourth-order valence-electron chi connectivity index (χ4n) is 3.52. The van der Waals surface area contributed by atoms with E-state index < -0.39 is 11.2 Å². The predicted molar refractivity (Wildman–Crippen MR) is 117 cm³/mol. The quantitative estimate of drug-likeness (QED) is 0.404. The second-order valence-electron chi connectivity index (χ2n) is 7.35. The highest BCUT2D eigenvalue weighted by molar-refractivity contribution is 7.99. The van der Waals surface area contributed by atoms with Crippen molar-refractivity contribution in [1.82, 2.24) is 24.1 Å². The molecule has 0 aliphatic rings. The Morgan fingerprint density at radius 1 is 1.07 bits per heavy atom. The maximum Gasteiger partial charge on any atom is 0.329 e. The van der Waals surface area contributed by atoms with Crippen molar-refractivity contribution < 1.29 is 4.42 Å². The summed E-state index contributed by atoms with van der Waals surface area (Å²) in [5.41, 5.74) is 1.34. The smallest absolute Gasteiger partial charge is 0.329 e. The molecule has 0 amide bonds. The van der Waals surface area contributed by atoms with Crippen LogP contribution in [0.3, 0.4) is 0 Å². The predicted octanol–water partition coefficient (Wildman–Crippen LogP) is 4.08. The van der Waals surface area contributed by atoms with E-state index in [0.29, 0.717) is 33.7 Å². The number of H-pyrrole nitrogens is 1. The van der Waals surface area contributed by atoms with Crippen LogP contribution in [0.5, 0.6) is 0 Å². The van der Waals surface area contributed by atoms with Gasteiger partial charge in [0.15, 0.2) is 21.9 Å². The maximum absolute atomic E-state index is 12.6. The molecule has 0 fully saturated rings. The van der Waals surface area contributed by atoms with E-state index in [1.54, 1.807) is 7.05 Å². The normalized spacial score (nSPS) is 11.7. The summed E-state index contributed by atoms with van der Waals surface area (Å²) >= 11 is 1.27. The Balaban J connectivity index is 1.68. The van der Waals surface area contributed by atoms with Crippen molar-refractivity contribution >= 4 is 34.0 Å². The molecule has 158 valence electrons. The number of aryl methyl sites for hydroxylation is 2. The summed E-state index contributed by atoms with van der Waals surface area (Å²) in [7, 11) is 1.61. The van der Waals surface area contributed by atoms with Crippen LogP contribution < -0.4 is 11.2 Å².